The second kappa shape index (κ2) is 12.8. The van der Waals surface area contributed by atoms with E-state index in [0.717, 1.165) is 45.4 Å². The molecule has 6 nitrogen and oxygen atoms in total. The Morgan fingerprint density at radius 2 is 1.80 bits per heavy atom. The van der Waals surface area contributed by atoms with Crippen molar-refractivity contribution in [2.24, 2.45) is 11.7 Å². The summed E-state index contributed by atoms with van der Waals surface area (Å²) in [5.41, 5.74) is 7.39. The van der Waals surface area contributed by atoms with Crippen LogP contribution in [-0.4, -0.2) is 60.0 Å². The van der Waals surface area contributed by atoms with Crippen molar-refractivity contribution in [3.63, 3.8) is 0 Å². The summed E-state index contributed by atoms with van der Waals surface area (Å²) in [6.07, 6.45) is 14.6. The lowest BCUT2D eigenvalue weighted by Crippen LogP contribution is -2.50. The molecule has 2 heterocycles. The quantitative estimate of drug-likeness (QED) is 0.421. The normalized spacial score (nSPS) is 24.9. The Kier molecular flexibility index (Phi) is 9.47. The van der Waals surface area contributed by atoms with E-state index in [2.05, 4.69) is 28.1 Å². The third-order valence-electron chi connectivity index (χ3n) is 8.70. The molecule has 1 saturated carbocycles. The zero-order chi connectivity index (χ0) is 24.6. The minimum atomic E-state index is -0.349. The average molecular weight is 483 g/mol. The van der Waals surface area contributed by atoms with Crippen LogP contribution in [0.2, 0.25) is 0 Å². The van der Waals surface area contributed by atoms with E-state index >= 15 is 0 Å². The molecule has 6 heteroatoms. The molecule has 3 aliphatic rings. The van der Waals surface area contributed by atoms with Gasteiger partial charge in [0.2, 0.25) is 5.91 Å². The van der Waals surface area contributed by atoms with Gasteiger partial charge in [0.05, 0.1) is 0 Å². The molecule has 1 aliphatic carbocycles. The first-order valence-corrected chi connectivity index (χ1v) is 14.2. The lowest BCUT2D eigenvalue weighted by molar-refractivity contribution is 0.0998. The van der Waals surface area contributed by atoms with Crippen molar-refractivity contribution in [2.45, 2.75) is 102 Å². The molecule has 3 fully saturated rings. The van der Waals surface area contributed by atoms with Gasteiger partial charge in [-0.05, 0) is 74.5 Å². The fourth-order valence-electron chi connectivity index (χ4n) is 6.73. The van der Waals surface area contributed by atoms with Crippen LogP contribution >= 0.6 is 0 Å². The molecule has 2 saturated heterocycles. The van der Waals surface area contributed by atoms with Crippen LogP contribution < -0.4 is 11.1 Å². The fourth-order valence-corrected chi connectivity index (χ4v) is 6.73. The standard InChI is InChI=1S/C29H46N4O2/c1-2-3-7-15-31-29(35)32(21-22-9-5-4-6-10-22)16-17-33-26-13-14-27(33)20-25(19-26)23-11-8-12-24(18-23)28(30)34/h8,11-12,18,22,25-27H,2-7,9-10,13-17,19-21H2,1H3,(H2,30,34)(H,31,35)/t25-,26+,27-. The van der Waals surface area contributed by atoms with Crippen molar-refractivity contribution in [1.82, 2.24) is 15.1 Å². The topological polar surface area (TPSA) is 78.7 Å². The maximum absolute atomic E-state index is 13.1. The highest BCUT2D eigenvalue weighted by molar-refractivity contribution is 5.92. The van der Waals surface area contributed by atoms with E-state index in [0.29, 0.717) is 29.5 Å². The molecule has 0 unspecified atom stereocenters. The first-order valence-electron chi connectivity index (χ1n) is 14.2. The lowest BCUT2D eigenvalue weighted by Gasteiger charge is -2.40. The third-order valence-corrected chi connectivity index (χ3v) is 8.70. The van der Waals surface area contributed by atoms with Gasteiger partial charge in [0.15, 0.2) is 0 Å². The van der Waals surface area contributed by atoms with E-state index in [1.54, 1.807) is 0 Å². The van der Waals surface area contributed by atoms with Crippen molar-refractivity contribution in [3.8, 4) is 0 Å². The number of carbonyl (C=O) groups is 2. The molecule has 2 aliphatic heterocycles. The van der Waals surface area contributed by atoms with E-state index in [1.165, 1.54) is 63.4 Å². The van der Waals surface area contributed by atoms with Gasteiger partial charge in [-0.2, -0.15) is 0 Å². The van der Waals surface area contributed by atoms with Gasteiger partial charge in [-0.15, -0.1) is 0 Å². The van der Waals surface area contributed by atoms with Crippen molar-refractivity contribution >= 4 is 11.9 Å². The Labute approximate surface area is 212 Å². The van der Waals surface area contributed by atoms with Crippen LogP contribution in [0, 0.1) is 5.92 Å². The summed E-state index contributed by atoms with van der Waals surface area (Å²) in [5, 5.41) is 3.21. The highest BCUT2D eigenvalue weighted by Gasteiger charge is 2.41. The summed E-state index contributed by atoms with van der Waals surface area (Å²) in [4.78, 5) is 29.6. The lowest BCUT2D eigenvalue weighted by atomic mass is 9.84. The molecule has 0 spiro atoms. The van der Waals surface area contributed by atoms with Gasteiger partial charge < -0.3 is 16.0 Å². The van der Waals surface area contributed by atoms with Crippen molar-refractivity contribution < 1.29 is 9.59 Å². The number of benzene rings is 1. The maximum atomic E-state index is 13.1. The van der Waals surface area contributed by atoms with Gasteiger partial charge in [-0.3, -0.25) is 9.69 Å². The number of carbonyl (C=O) groups excluding carboxylic acids is 2. The van der Waals surface area contributed by atoms with Gasteiger partial charge in [-0.25, -0.2) is 4.79 Å². The highest BCUT2D eigenvalue weighted by Crippen LogP contribution is 2.43. The predicted molar refractivity (Wildman–Crippen MR) is 142 cm³/mol. The number of unbranched alkanes of at least 4 members (excludes halogenated alkanes) is 2. The molecule has 194 valence electrons. The zero-order valence-corrected chi connectivity index (χ0v) is 21.7. The number of amides is 3. The van der Waals surface area contributed by atoms with Crippen molar-refractivity contribution in [2.75, 3.05) is 26.2 Å². The van der Waals surface area contributed by atoms with Crippen LogP contribution in [0.15, 0.2) is 24.3 Å². The van der Waals surface area contributed by atoms with Crippen LogP contribution in [0.4, 0.5) is 4.79 Å². The molecule has 35 heavy (non-hydrogen) atoms. The Balaban J connectivity index is 1.34. The van der Waals surface area contributed by atoms with Gasteiger partial charge in [0, 0.05) is 43.8 Å². The largest absolute Gasteiger partial charge is 0.366 e. The number of urea groups is 1. The number of hydrogen-bond acceptors (Lipinski definition) is 3. The number of piperidine rings is 1. The van der Waals surface area contributed by atoms with Gasteiger partial charge in [0.25, 0.3) is 0 Å². The summed E-state index contributed by atoms with van der Waals surface area (Å²) >= 11 is 0. The van der Waals surface area contributed by atoms with Crippen LogP contribution in [0.1, 0.15) is 106 Å². The predicted octanol–water partition coefficient (Wildman–Crippen LogP) is 5.28. The Morgan fingerprint density at radius 3 is 2.49 bits per heavy atom. The molecule has 0 aromatic heterocycles. The molecule has 3 amide bonds. The fraction of sp³-hybridized carbons (Fsp3) is 0.724. The Hall–Kier alpha value is -2.08. The molecule has 2 bridgehead atoms. The molecule has 1 aromatic carbocycles. The number of fused-ring (bicyclic) bond motifs is 2. The number of nitrogens with two attached hydrogens (primary N) is 1. The number of nitrogens with zero attached hydrogens (tertiary/aromatic N) is 2. The number of hydrogen-bond donors (Lipinski definition) is 2. The van der Waals surface area contributed by atoms with Gasteiger partial charge in [0.1, 0.15) is 0 Å². The average Bonchev–Trinajstić information content (AvgIpc) is 3.11. The zero-order valence-electron chi connectivity index (χ0n) is 21.7. The number of rotatable bonds is 11. The third kappa shape index (κ3) is 6.99. The maximum Gasteiger partial charge on any atom is 0.317 e. The molecular weight excluding hydrogens is 436 g/mol. The van der Waals surface area contributed by atoms with E-state index in [4.69, 9.17) is 5.73 Å². The SMILES string of the molecule is CCCCCNC(=O)N(CCN1[C@@H]2CC[C@H]1C[C@@H](c1cccc(C(N)=O)c1)C2)CC1CCCCC1. The summed E-state index contributed by atoms with van der Waals surface area (Å²) in [5.74, 6) is 0.798. The van der Waals surface area contributed by atoms with Crippen LogP contribution in [0.25, 0.3) is 0 Å². The Bertz CT molecular complexity index is 824. The van der Waals surface area contributed by atoms with Crippen LogP contribution in [-0.2, 0) is 0 Å². The van der Waals surface area contributed by atoms with E-state index in [1.807, 2.05) is 18.2 Å². The molecule has 0 radical (unpaired) electrons. The molecule has 4 rings (SSSR count). The first-order chi connectivity index (χ1) is 17.0. The second-order valence-electron chi connectivity index (χ2n) is 11.2. The summed E-state index contributed by atoms with van der Waals surface area (Å²) in [6, 6.07) is 9.20. The first kappa shape index (κ1) is 26.0. The summed E-state index contributed by atoms with van der Waals surface area (Å²) in [7, 11) is 0. The molecule has 3 atom stereocenters. The molecule has 3 N–H and O–H groups in total. The summed E-state index contributed by atoms with van der Waals surface area (Å²) in [6.45, 7) is 5.69. The van der Waals surface area contributed by atoms with E-state index in [9.17, 15) is 9.59 Å². The van der Waals surface area contributed by atoms with E-state index in [-0.39, 0.29) is 11.9 Å². The smallest absolute Gasteiger partial charge is 0.317 e. The highest BCUT2D eigenvalue weighted by atomic mass is 16.2. The van der Waals surface area contributed by atoms with Crippen molar-refractivity contribution in [1.29, 1.82) is 0 Å². The second-order valence-corrected chi connectivity index (χ2v) is 11.2. The number of primary amides is 1. The Morgan fingerprint density at radius 1 is 1.06 bits per heavy atom. The minimum absolute atomic E-state index is 0.136. The summed E-state index contributed by atoms with van der Waals surface area (Å²) < 4.78 is 0. The molecular formula is C29H46N4O2. The van der Waals surface area contributed by atoms with Gasteiger partial charge >= 0.3 is 6.03 Å². The van der Waals surface area contributed by atoms with E-state index < -0.39 is 0 Å². The minimum Gasteiger partial charge on any atom is -0.366 e. The number of nitrogens with one attached hydrogen (secondary N) is 1. The molecule has 1 aromatic rings. The van der Waals surface area contributed by atoms with Crippen molar-refractivity contribution in [3.05, 3.63) is 35.4 Å². The van der Waals surface area contributed by atoms with Gasteiger partial charge in [-0.1, -0.05) is 51.2 Å². The monoisotopic (exact) mass is 482 g/mol. The van der Waals surface area contributed by atoms with Crippen LogP contribution in [0.5, 0.6) is 0 Å². The van der Waals surface area contributed by atoms with Crippen LogP contribution in [0.3, 0.4) is 0 Å².